The van der Waals surface area contributed by atoms with Gasteiger partial charge in [-0.2, -0.15) is 5.10 Å². The van der Waals surface area contributed by atoms with Gasteiger partial charge in [-0.1, -0.05) is 18.2 Å². The van der Waals surface area contributed by atoms with Crippen LogP contribution in [0.15, 0.2) is 36.5 Å². The number of piperidine rings is 1. The van der Waals surface area contributed by atoms with Crippen LogP contribution in [0.4, 0.5) is 0 Å². The largest absolute Gasteiger partial charge is 0.337 e. The topological polar surface area (TPSA) is 50.2 Å². The van der Waals surface area contributed by atoms with Crippen LogP contribution in [0.3, 0.4) is 0 Å². The number of likely N-dealkylation sites (N-methyl/N-ethyl adjacent to an activating group) is 1. The Kier molecular flexibility index (Phi) is 4.10. The van der Waals surface area contributed by atoms with Gasteiger partial charge in [-0.15, -0.1) is 0 Å². The van der Waals surface area contributed by atoms with E-state index in [0.717, 1.165) is 55.7 Å². The molecule has 2 aromatic rings. The Bertz CT molecular complexity index is 720. The third-order valence-electron chi connectivity index (χ3n) is 5.12. The molecular weight excluding hydrogens is 300 g/mol. The first-order valence-electron chi connectivity index (χ1n) is 8.88. The van der Waals surface area contributed by atoms with E-state index in [1.54, 1.807) is 6.20 Å². The predicted octanol–water partition coefficient (Wildman–Crippen LogP) is 2.57. The van der Waals surface area contributed by atoms with Crippen LogP contribution in [0, 0.1) is 0 Å². The monoisotopic (exact) mass is 324 g/mol. The van der Waals surface area contributed by atoms with Crippen LogP contribution in [-0.2, 0) is 0 Å². The van der Waals surface area contributed by atoms with Gasteiger partial charge in [0.05, 0.1) is 23.1 Å². The van der Waals surface area contributed by atoms with Crippen LogP contribution in [-0.4, -0.2) is 46.8 Å². The molecule has 0 radical (unpaired) electrons. The highest BCUT2D eigenvalue weighted by atomic mass is 16.2. The van der Waals surface area contributed by atoms with Crippen LogP contribution in [0.2, 0.25) is 0 Å². The molecule has 2 fully saturated rings. The van der Waals surface area contributed by atoms with Crippen molar-refractivity contribution in [3.05, 3.63) is 47.8 Å². The van der Waals surface area contributed by atoms with Crippen molar-refractivity contribution in [2.75, 3.05) is 20.1 Å². The van der Waals surface area contributed by atoms with Crippen LogP contribution in [0.25, 0.3) is 5.69 Å². The van der Waals surface area contributed by atoms with E-state index in [1.807, 2.05) is 47.0 Å². The number of aromatic nitrogens is 2. The Hall–Kier alpha value is -2.14. The van der Waals surface area contributed by atoms with Crippen molar-refractivity contribution in [1.82, 2.24) is 20.0 Å². The molecule has 0 spiro atoms. The highest BCUT2D eigenvalue weighted by Crippen LogP contribution is 2.42. The number of hydrogen-bond donors (Lipinski definition) is 1. The summed E-state index contributed by atoms with van der Waals surface area (Å²) in [7, 11) is 1.97. The van der Waals surface area contributed by atoms with Crippen molar-refractivity contribution < 1.29 is 4.79 Å². The minimum absolute atomic E-state index is 0.138. The zero-order chi connectivity index (χ0) is 16.5. The lowest BCUT2D eigenvalue weighted by Crippen LogP contribution is -2.47. The molecule has 1 amide bonds. The van der Waals surface area contributed by atoms with Crippen LogP contribution < -0.4 is 5.32 Å². The van der Waals surface area contributed by atoms with E-state index >= 15 is 0 Å². The van der Waals surface area contributed by atoms with Crippen molar-refractivity contribution in [1.29, 1.82) is 0 Å². The van der Waals surface area contributed by atoms with Gasteiger partial charge in [-0.05, 0) is 44.9 Å². The van der Waals surface area contributed by atoms with Gasteiger partial charge in [0.2, 0.25) is 0 Å². The lowest BCUT2D eigenvalue weighted by molar-refractivity contribution is 0.0697. The van der Waals surface area contributed by atoms with Crippen molar-refractivity contribution >= 4 is 5.91 Å². The number of para-hydroxylation sites is 1. The minimum Gasteiger partial charge on any atom is -0.337 e. The molecule has 1 N–H and O–H groups in total. The Labute approximate surface area is 142 Å². The Morgan fingerprint density at radius 3 is 2.71 bits per heavy atom. The summed E-state index contributed by atoms with van der Waals surface area (Å²) in [5.74, 6) is 0.607. The Morgan fingerprint density at radius 1 is 1.21 bits per heavy atom. The molecule has 2 aliphatic rings. The average molecular weight is 324 g/mol. The fraction of sp³-hybridized carbons (Fsp3) is 0.474. The molecule has 4 rings (SSSR count). The number of benzene rings is 1. The summed E-state index contributed by atoms with van der Waals surface area (Å²) in [6.07, 6.45) is 6.27. The van der Waals surface area contributed by atoms with Gasteiger partial charge in [-0.25, -0.2) is 4.68 Å². The van der Waals surface area contributed by atoms with Crippen LogP contribution >= 0.6 is 0 Å². The lowest BCUT2D eigenvalue weighted by atomic mass is 10.0. The summed E-state index contributed by atoms with van der Waals surface area (Å²) in [5.41, 5.74) is 2.92. The molecule has 1 atom stereocenters. The first kappa shape index (κ1) is 15.4. The summed E-state index contributed by atoms with van der Waals surface area (Å²) in [4.78, 5) is 15.1. The summed E-state index contributed by atoms with van der Waals surface area (Å²) < 4.78 is 1.96. The lowest BCUT2D eigenvalue weighted by Gasteiger charge is -2.32. The first-order chi connectivity index (χ1) is 11.8. The number of nitrogens with zero attached hydrogens (tertiary/aromatic N) is 3. The number of rotatable bonds is 4. The maximum Gasteiger partial charge on any atom is 0.257 e. The van der Waals surface area contributed by atoms with E-state index < -0.39 is 0 Å². The second-order valence-electron chi connectivity index (χ2n) is 6.84. The molecule has 1 saturated heterocycles. The number of nitrogens with one attached hydrogen (secondary N) is 1. The molecular formula is C19H24N4O. The summed E-state index contributed by atoms with van der Waals surface area (Å²) in [6.45, 7) is 1.63. The smallest absolute Gasteiger partial charge is 0.257 e. The van der Waals surface area contributed by atoms with Gasteiger partial charge in [0.15, 0.2) is 0 Å². The number of hydrogen-bond acceptors (Lipinski definition) is 3. The number of carbonyl (C=O) groups is 1. The van der Waals surface area contributed by atoms with Crippen LogP contribution in [0.5, 0.6) is 0 Å². The molecule has 1 aliphatic heterocycles. The van der Waals surface area contributed by atoms with Gasteiger partial charge in [0.1, 0.15) is 0 Å². The van der Waals surface area contributed by atoms with Crippen LogP contribution in [0.1, 0.15) is 47.7 Å². The molecule has 5 heteroatoms. The third kappa shape index (κ3) is 2.84. The summed E-state index contributed by atoms with van der Waals surface area (Å²) >= 11 is 0. The summed E-state index contributed by atoms with van der Waals surface area (Å²) in [5, 5.41) is 7.86. The number of carbonyl (C=O) groups excluding carboxylic acids is 1. The highest BCUT2D eigenvalue weighted by molar-refractivity contribution is 5.95. The van der Waals surface area contributed by atoms with Gasteiger partial charge in [0, 0.05) is 25.0 Å². The van der Waals surface area contributed by atoms with E-state index in [2.05, 4.69) is 10.4 Å². The van der Waals surface area contributed by atoms with E-state index in [9.17, 15) is 4.79 Å². The average Bonchev–Trinajstić information content (AvgIpc) is 3.40. The minimum atomic E-state index is 0.138. The highest BCUT2D eigenvalue weighted by Gasteiger charge is 2.35. The zero-order valence-corrected chi connectivity index (χ0v) is 14.1. The second-order valence-corrected chi connectivity index (χ2v) is 6.84. The normalized spacial score (nSPS) is 21.0. The number of amides is 1. The fourth-order valence-electron chi connectivity index (χ4n) is 3.61. The maximum atomic E-state index is 13.1. The van der Waals surface area contributed by atoms with Crippen molar-refractivity contribution in [2.45, 2.75) is 37.6 Å². The van der Waals surface area contributed by atoms with Crippen molar-refractivity contribution in [3.8, 4) is 5.69 Å². The van der Waals surface area contributed by atoms with E-state index in [0.29, 0.717) is 12.0 Å². The second kappa shape index (κ2) is 6.40. The first-order valence-corrected chi connectivity index (χ1v) is 8.88. The Morgan fingerprint density at radius 2 is 2.00 bits per heavy atom. The molecule has 2 heterocycles. The van der Waals surface area contributed by atoms with E-state index in [1.165, 1.54) is 0 Å². The van der Waals surface area contributed by atoms with E-state index in [4.69, 9.17) is 0 Å². The van der Waals surface area contributed by atoms with Gasteiger partial charge >= 0.3 is 0 Å². The number of likely N-dealkylation sites (tertiary alicyclic amines) is 1. The van der Waals surface area contributed by atoms with Crippen molar-refractivity contribution in [2.24, 2.45) is 0 Å². The van der Waals surface area contributed by atoms with Gasteiger partial charge < -0.3 is 10.2 Å². The fourth-order valence-corrected chi connectivity index (χ4v) is 3.61. The quantitative estimate of drug-likeness (QED) is 0.940. The molecule has 24 heavy (non-hydrogen) atoms. The van der Waals surface area contributed by atoms with E-state index in [-0.39, 0.29) is 5.91 Å². The molecule has 0 bridgehead atoms. The SMILES string of the molecule is CNC1CCCN(C(=O)c2cnn(-c3ccccc3)c2C2CC2)C1. The maximum absolute atomic E-state index is 13.1. The molecule has 126 valence electrons. The molecule has 5 nitrogen and oxygen atoms in total. The van der Waals surface area contributed by atoms with Gasteiger partial charge in [-0.3, -0.25) is 4.79 Å². The third-order valence-corrected chi connectivity index (χ3v) is 5.12. The Balaban J connectivity index is 1.66. The standard InChI is InChI=1S/C19H24N4O/c1-20-15-6-5-11-22(13-15)19(24)17-12-21-23(18(17)14-9-10-14)16-7-3-2-4-8-16/h2-4,7-8,12,14-15,20H,5-6,9-11,13H2,1H3. The molecule has 1 aromatic carbocycles. The molecule has 1 aliphatic carbocycles. The van der Waals surface area contributed by atoms with Crippen molar-refractivity contribution in [3.63, 3.8) is 0 Å². The zero-order valence-electron chi connectivity index (χ0n) is 14.1. The molecule has 1 saturated carbocycles. The predicted molar refractivity (Wildman–Crippen MR) is 93.5 cm³/mol. The summed E-state index contributed by atoms with van der Waals surface area (Å²) in [6, 6.07) is 10.5. The van der Waals surface area contributed by atoms with Gasteiger partial charge in [0.25, 0.3) is 5.91 Å². The molecule has 1 aromatic heterocycles. The molecule has 1 unspecified atom stereocenters.